The number of amides is 1. The van der Waals surface area contributed by atoms with Crippen molar-refractivity contribution in [3.8, 4) is 5.00 Å². The summed E-state index contributed by atoms with van der Waals surface area (Å²) in [5.74, 6) is 1.66. The van der Waals surface area contributed by atoms with E-state index < -0.39 is 6.04 Å². The zero-order chi connectivity index (χ0) is 26.5. The highest BCUT2D eigenvalue weighted by Crippen LogP contribution is 2.39. The van der Waals surface area contributed by atoms with E-state index in [1.807, 2.05) is 31.2 Å². The summed E-state index contributed by atoms with van der Waals surface area (Å²) in [6, 6.07) is 7.23. The highest BCUT2D eigenvalue weighted by Gasteiger charge is 2.32. The smallest absolute Gasteiger partial charge is 0.222 e. The van der Waals surface area contributed by atoms with Gasteiger partial charge in [0.15, 0.2) is 5.82 Å². The molecule has 196 valence electrons. The number of fused-ring (bicyclic) bond motifs is 3. The first-order valence-electron chi connectivity index (χ1n) is 12.9. The molecule has 2 aromatic heterocycles. The summed E-state index contributed by atoms with van der Waals surface area (Å²) in [6.07, 6.45) is 5.88. The molecule has 3 aromatic rings. The van der Waals surface area contributed by atoms with E-state index in [1.54, 1.807) is 18.3 Å². The summed E-state index contributed by atoms with van der Waals surface area (Å²) in [4.78, 5) is 30.4. The lowest BCUT2D eigenvalue weighted by Gasteiger charge is -2.13. The molecule has 1 N–H and O–H groups in total. The number of ketones is 1. The Morgan fingerprint density at radius 2 is 1.73 bits per heavy atom. The first-order valence-corrected chi connectivity index (χ1v) is 14.1. The average molecular weight is 540 g/mol. The molecular weight excluding hydrogens is 506 g/mol. The first-order chi connectivity index (χ1) is 17.8. The number of thiophene rings is 1. The fraction of sp³-hybridized carbons (Fsp3) is 0.464. The SMILES string of the molecule is CC(=O)CCCCCCCNC(=O)C[C@H]1N=C(c2ccc(Cl)cc2)c2c(sc(C)c2C)-n2c(C)nnc21. The molecule has 0 saturated heterocycles. The van der Waals surface area contributed by atoms with Crippen LogP contribution in [0.2, 0.25) is 5.02 Å². The average Bonchev–Trinajstić information content (AvgIpc) is 3.33. The number of unbranched alkanes of at least 4 members (excludes halogenated alkanes) is 4. The van der Waals surface area contributed by atoms with Crippen LogP contribution in [0.3, 0.4) is 0 Å². The van der Waals surface area contributed by atoms with Crippen LogP contribution in [-0.4, -0.2) is 38.7 Å². The number of halogens is 1. The van der Waals surface area contributed by atoms with Crippen molar-refractivity contribution in [1.82, 2.24) is 20.1 Å². The van der Waals surface area contributed by atoms with Crippen molar-refractivity contribution in [3.05, 3.63) is 62.5 Å². The van der Waals surface area contributed by atoms with Gasteiger partial charge in [-0.15, -0.1) is 21.5 Å². The Balaban J connectivity index is 1.52. The van der Waals surface area contributed by atoms with E-state index in [9.17, 15) is 9.59 Å². The molecule has 7 nitrogen and oxygen atoms in total. The van der Waals surface area contributed by atoms with E-state index in [1.165, 1.54) is 10.4 Å². The lowest BCUT2D eigenvalue weighted by molar-refractivity contribution is -0.121. The Labute approximate surface area is 227 Å². The van der Waals surface area contributed by atoms with Crippen LogP contribution in [0.5, 0.6) is 0 Å². The molecule has 0 radical (unpaired) electrons. The number of carbonyl (C=O) groups excluding carboxylic acids is 2. The van der Waals surface area contributed by atoms with Gasteiger partial charge in [-0.05, 0) is 58.2 Å². The van der Waals surface area contributed by atoms with Crippen molar-refractivity contribution in [2.75, 3.05) is 6.54 Å². The van der Waals surface area contributed by atoms with Gasteiger partial charge < -0.3 is 10.1 Å². The number of benzene rings is 1. The van der Waals surface area contributed by atoms with E-state index in [0.29, 0.717) is 23.8 Å². The third-order valence-corrected chi connectivity index (χ3v) is 8.21. The quantitative estimate of drug-likeness (QED) is 0.292. The van der Waals surface area contributed by atoms with Crippen LogP contribution in [-0.2, 0) is 9.59 Å². The predicted octanol–water partition coefficient (Wildman–Crippen LogP) is 6.24. The minimum absolute atomic E-state index is 0.0499. The van der Waals surface area contributed by atoms with Crippen molar-refractivity contribution in [2.45, 2.75) is 78.7 Å². The summed E-state index contributed by atoms with van der Waals surface area (Å²) in [7, 11) is 0. The van der Waals surface area contributed by atoms with Crippen molar-refractivity contribution in [2.24, 2.45) is 4.99 Å². The molecule has 0 saturated carbocycles. The number of Topliss-reactive ketones (excluding diaryl/α,β-unsaturated/α-hetero) is 1. The number of aliphatic imine (C=N–C) groups is 1. The van der Waals surface area contributed by atoms with E-state index in [-0.39, 0.29) is 18.1 Å². The zero-order valence-corrected chi connectivity index (χ0v) is 23.5. The lowest BCUT2D eigenvalue weighted by Crippen LogP contribution is -2.26. The fourth-order valence-electron chi connectivity index (χ4n) is 4.64. The van der Waals surface area contributed by atoms with Gasteiger partial charge >= 0.3 is 0 Å². The number of rotatable bonds is 11. The van der Waals surface area contributed by atoms with E-state index in [2.05, 4.69) is 33.9 Å². The minimum Gasteiger partial charge on any atom is -0.356 e. The standard InChI is InChI=1S/C28H34ClN5O2S/c1-17(35)10-8-6-5-7-9-15-30-24(36)16-23-27-33-32-20(4)34(27)28-25(18(2)19(3)37-28)26(31-23)21-11-13-22(29)14-12-21/h11-14,23H,5-10,15-16H2,1-4H3,(H,30,36)/t23-/m1/s1. The van der Waals surface area contributed by atoms with Crippen molar-refractivity contribution >= 4 is 40.3 Å². The van der Waals surface area contributed by atoms with Gasteiger partial charge in [0, 0.05) is 34.0 Å². The highest BCUT2D eigenvalue weighted by atomic mass is 35.5. The summed E-state index contributed by atoms with van der Waals surface area (Å²) in [6.45, 7) is 8.43. The molecule has 0 unspecified atom stereocenters. The maximum absolute atomic E-state index is 13.0. The van der Waals surface area contributed by atoms with Gasteiger partial charge in [0.05, 0.1) is 12.1 Å². The molecule has 9 heteroatoms. The Hall–Kier alpha value is -2.84. The highest BCUT2D eigenvalue weighted by molar-refractivity contribution is 7.15. The van der Waals surface area contributed by atoms with Crippen molar-refractivity contribution in [1.29, 1.82) is 0 Å². The first kappa shape index (κ1) is 27.2. The van der Waals surface area contributed by atoms with Crippen LogP contribution < -0.4 is 5.32 Å². The van der Waals surface area contributed by atoms with Gasteiger partial charge in [-0.1, -0.05) is 43.0 Å². The fourth-order valence-corrected chi connectivity index (χ4v) is 5.98. The maximum Gasteiger partial charge on any atom is 0.222 e. The molecule has 0 spiro atoms. The maximum atomic E-state index is 13.0. The number of aryl methyl sites for hydroxylation is 2. The normalized spacial score (nSPS) is 14.5. The molecule has 37 heavy (non-hydrogen) atoms. The van der Waals surface area contributed by atoms with Gasteiger partial charge in [0.2, 0.25) is 5.91 Å². The Morgan fingerprint density at radius 1 is 1.03 bits per heavy atom. The Kier molecular flexibility index (Phi) is 8.92. The van der Waals surface area contributed by atoms with Crippen LogP contribution in [0.1, 0.15) is 91.1 Å². The van der Waals surface area contributed by atoms with Crippen LogP contribution >= 0.6 is 22.9 Å². The molecule has 4 rings (SSSR count). The van der Waals surface area contributed by atoms with E-state index >= 15 is 0 Å². The van der Waals surface area contributed by atoms with Crippen LogP contribution in [0.15, 0.2) is 29.3 Å². The minimum atomic E-state index is -0.460. The number of nitrogens with zero attached hydrogens (tertiary/aromatic N) is 4. The Bertz CT molecular complexity index is 1310. The van der Waals surface area contributed by atoms with Gasteiger partial charge in [0.1, 0.15) is 22.7 Å². The number of nitrogens with one attached hydrogen (secondary N) is 1. The molecule has 1 atom stereocenters. The van der Waals surface area contributed by atoms with Crippen molar-refractivity contribution in [3.63, 3.8) is 0 Å². The van der Waals surface area contributed by atoms with E-state index in [4.69, 9.17) is 16.6 Å². The second-order valence-electron chi connectivity index (χ2n) is 9.68. The number of hydrogen-bond donors (Lipinski definition) is 1. The molecule has 3 heterocycles. The molecule has 1 aromatic carbocycles. The lowest BCUT2D eigenvalue weighted by atomic mass is 9.99. The molecule has 1 aliphatic rings. The van der Waals surface area contributed by atoms with Gasteiger partial charge in [-0.25, -0.2) is 0 Å². The third kappa shape index (κ3) is 6.36. The monoisotopic (exact) mass is 539 g/mol. The molecule has 0 aliphatic carbocycles. The predicted molar refractivity (Wildman–Crippen MR) is 149 cm³/mol. The second-order valence-corrected chi connectivity index (χ2v) is 11.3. The topological polar surface area (TPSA) is 89.2 Å². The summed E-state index contributed by atoms with van der Waals surface area (Å²) in [5, 5.41) is 13.6. The second kappa shape index (κ2) is 12.1. The van der Waals surface area contributed by atoms with Gasteiger partial charge in [0.25, 0.3) is 0 Å². The van der Waals surface area contributed by atoms with Crippen molar-refractivity contribution < 1.29 is 9.59 Å². The molecule has 0 fully saturated rings. The van der Waals surface area contributed by atoms with Crippen LogP contribution in [0, 0.1) is 20.8 Å². The number of hydrogen-bond acceptors (Lipinski definition) is 6. The Morgan fingerprint density at radius 3 is 2.46 bits per heavy atom. The summed E-state index contributed by atoms with van der Waals surface area (Å²) >= 11 is 7.87. The molecule has 0 bridgehead atoms. The molecular formula is C28H34ClN5O2S. The van der Waals surface area contributed by atoms with Crippen LogP contribution in [0.4, 0.5) is 0 Å². The summed E-state index contributed by atoms with van der Waals surface area (Å²) < 4.78 is 2.06. The largest absolute Gasteiger partial charge is 0.356 e. The zero-order valence-electron chi connectivity index (χ0n) is 21.9. The summed E-state index contributed by atoms with van der Waals surface area (Å²) in [5.41, 5.74) is 4.03. The molecule has 1 aliphatic heterocycles. The van der Waals surface area contributed by atoms with Crippen LogP contribution in [0.25, 0.3) is 5.00 Å². The third-order valence-electron chi connectivity index (χ3n) is 6.76. The number of aromatic nitrogens is 3. The van der Waals surface area contributed by atoms with E-state index in [0.717, 1.165) is 59.8 Å². The number of carbonyl (C=O) groups is 2. The van der Waals surface area contributed by atoms with Gasteiger partial charge in [-0.2, -0.15) is 0 Å². The van der Waals surface area contributed by atoms with Gasteiger partial charge in [-0.3, -0.25) is 14.4 Å². The molecule has 1 amide bonds.